The third-order valence-electron chi connectivity index (χ3n) is 9.54. The van der Waals surface area contributed by atoms with Gasteiger partial charge in [0.25, 0.3) is 0 Å². The number of halogens is 1. The van der Waals surface area contributed by atoms with Gasteiger partial charge < -0.3 is 18.8 Å². The van der Waals surface area contributed by atoms with Gasteiger partial charge in [-0.25, -0.2) is 4.79 Å². The second-order valence-electron chi connectivity index (χ2n) is 13.7. The van der Waals surface area contributed by atoms with Gasteiger partial charge >= 0.3 is 6.03 Å². The average Bonchev–Trinajstić information content (AvgIpc) is 3.85. The van der Waals surface area contributed by atoms with Crippen LogP contribution in [0.15, 0.2) is 66.7 Å². The predicted octanol–water partition coefficient (Wildman–Crippen LogP) is 8.54. The van der Waals surface area contributed by atoms with Gasteiger partial charge in [0, 0.05) is 17.1 Å². The third kappa shape index (κ3) is 5.86. The van der Waals surface area contributed by atoms with Gasteiger partial charge in [0.05, 0.1) is 32.1 Å². The summed E-state index contributed by atoms with van der Waals surface area (Å²) in [6.45, 7) is 12.0. The van der Waals surface area contributed by atoms with Crippen molar-refractivity contribution >= 4 is 33.8 Å². The van der Waals surface area contributed by atoms with Crippen LogP contribution in [-0.4, -0.2) is 41.2 Å². The zero-order valence-electron chi connectivity index (χ0n) is 26.9. The highest BCUT2D eigenvalue weighted by Gasteiger charge is 2.67. The van der Waals surface area contributed by atoms with Crippen molar-refractivity contribution in [3.63, 3.8) is 0 Å². The first-order valence-electron chi connectivity index (χ1n) is 15.4. The molecular weight excluding hydrogens is 588 g/mol. The Labute approximate surface area is 271 Å². The first-order valence-corrected chi connectivity index (χ1v) is 16.2. The van der Waals surface area contributed by atoms with Gasteiger partial charge in [-0.2, -0.15) is 0 Å². The zero-order chi connectivity index (χ0) is 31.9. The summed E-state index contributed by atoms with van der Waals surface area (Å²) in [6, 6.07) is 21.7. The van der Waals surface area contributed by atoms with Gasteiger partial charge in [0.15, 0.2) is 0 Å². The zero-order valence-corrected chi connectivity index (χ0v) is 28.7. The van der Waals surface area contributed by atoms with Crippen molar-refractivity contribution in [3.8, 4) is 11.5 Å². The molecule has 3 atom stereocenters. The van der Waals surface area contributed by atoms with Crippen LogP contribution in [-0.2, 0) is 23.1 Å². The van der Waals surface area contributed by atoms with E-state index in [2.05, 4.69) is 56.1 Å². The lowest BCUT2D eigenvalue weighted by Gasteiger charge is -2.61. The van der Waals surface area contributed by atoms with Gasteiger partial charge in [0.2, 0.25) is 10.5 Å². The number of nitrogens with zero attached hydrogens (tertiary/aromatic N) is 2. The van der Waals surface area contributed by atoms with E-state index in [9.17, 15) is 0 Å². The molecule has 0 aromatic heterocycles. The Morgan fingerprint density at radius 2 is 1.45 bits per heavy atom. The van der Waals surface area contributed by atoms with Crippen LogP contribution in [0, 0.1) is 17.3 Å². The lowest BCUT2D eigenvalue weighted by Crippen LogP contribution is -2.70. The van der Waals surface area contributed by atoms with Crippen molar-refractivity contribution < 1.29 is 18.7 Å². The second-order valence-corrected chi connectivity index (χ2v) is 14.4. The molecule has 1 aliphatic carbocycles. The largest absolute Gasteiger partial charge is 0.497 e. The van der Waals surface area contributed by atoms with E-state index in [-0.39, 0.29) is 23.3 Å². The molecule has 0 N–H and O–H groups in total. The molecule has 0 spiro atoms. The van der Waals surface area contributed by atoms with Crippen LogP contribution in [0.25, 0.3) is 0 Å². The van der Waals surface area contributed by atoms with E-state index in [1.54, 1.807) is 14.2 Å². The maximum absolute atomic E-state index is 15.1. The summed E-state index contributed by atoms with van der Waals surface area (Å²) in [6.07, 6.45) is 2.88. The lowest BCUT2D eigenvalue weighted by atomic mass is 9.61. The van der Waals surface area contributed by atoms with Crippen LogP contribution >= 0.6 is 11.6 Å². The summed E-state index contributed by atoms with van der Waals surface area (Å²) in [5, 5.41) is 0.636. The fraction of sp³-hybridized carbons (Fsp3) is 0.472. The topological polar surface area (TPSA) is 51.2 Å². The molecule has 0 bridgehead atoms. The Bertz CT molecular complexity index is 1470. The summed E-state index contributed by atoms with van der Waals surface area (Å²) >= 11 is 6.82. The van der Waals surface area contributed by atoms with E-state index in [0.29, 0.717) is 18.1 Å². The van der Waals surface area contributed by atoms with Gasteiger partial charge in [0.1, 0.15) is 17.0 Å². The van der Waals surface area contributed by atoms with Crippen molar-refractivity contribution in [1.82, 2.24) is 4.90 Å². The number of amides is 2. The van der Waals surface area contributed by atoms with Gasteiger partial charge in [-0.3, -0.25) is 4.90 Å². The Morgan fingerprint density at radius 3 is 1.93 bits per heavy atom. The number of carbonyl (C=O) groups excluding carboxylic acids is 1. The molecule has 1 aliphatic heterocycles. The van der Waals surface area contributed by atoms with Crippen LogP contribution < -0.4 is 14.4 Å². The molecule has 3 radical (unpaired) electrons. The molecule has 2 amide bonds. The smallest absolute Gasteiger partial charge is 0.325 e. The highest BCUT2D eigenvalue weighted by atomic mass is 35.5. The van der Waals surface area contributed by atoms with Crippen molar-refractivity contribution in [1.29, 1.82) is 0 Å². The summed E-state index contributed by atoms with van der Waals surface area (Å²) in [4.78, 5) is 19.1. The minimum atomic E-state index is -0.800. The fourth-order valence-electron chi connectivity index (χ4n) is 7.32. The van der Waals surface area contributed by atoms with Crippen molar-refractivity contribution in [3.05, 3.63) is 88.4 Å². The normalized spacial score (nSPS) is 20.6. The molecule has 3 aromatic carbocycles. The fourth-order valence-corrected chi connectivity index (χ4v) is 7.84. The Hall–Kier alpha value is -3.00. The molecule has 1 fully saturated rings. The van der Waals surface area contributed by atoms with Crippen LogP contribution in [0.3, 0.4) is 0 Å². The monoisotopic (exact) mass is 631 g/mol. The number of hydrogen-bond acceptors (Lipinski definition) is 4. The van der Waals surface area contributed by atoms with Gasteiger partial charge in [-0.05, 0) is 97.0 Å². The lowest BCUT2D eigenvalue weighted by molar-refractivity contribution is -0.125. The molecule has 6 nitrogen and oxygen atoms in total. The van der Waals surface area contributed by atoms with Gasteiger partial charge in [-0.1, -0.05) is 63.6 Å². The molecule has 8 heteroatoms. The molecule has 1 saturated carbocycles. The Kier molecular flexibility index (Phi) is 9.14. The van der Waals surface area contributed by atoms with Crippen LogP contribution in [0.1, 0.15) is 70.6 Å². The first-order chi connectivity index (χ1) is 20.9. The number of rotatable bonds is 11. The minimum absolute atomic E-state index is 0.0488. The SMILES string of the molecule is COc1ccc(CN2C(=O)N(Cc3ccc(OC)cc3)C(C3CC3)(C(C)(O[Si])C(C)CC(C)(C)C)c3cc(Cl)ccc32)cc1. The molecule has 0 saturated heterocycles. The van der Waals surface area contributed by atoms with Crippen molar-refractivity contribution in [2.45, 2.75) is 78.1 Å². The molecule has 2 aliphatic rings. The summed E-state index contributed by atoms with van der Waals surface area (Å²) < 4.78 is 17.4. The molecule has 3 unspecified atom stereocenters. The molecule has 44 heavy (non-hydrogen) atoms. The maximum atomic E-state index is 15.1. The van der Waals surface area contributed by atoms with Crippen LogP contribution in [0.4, 0.5) is 10.5 Å². The van der Waals surface area contributed by atoms with E-state index in [4.69, 9.17) is 25.5 Å². The summed E-state index contributed by atoms with van der Waals surface area (Å²) in [7, 11) is 6.92. The van der Waals surface area contributed by atoms with E-state index < -0.39 is 11.1 Å². The number of anilines is 1. The molecule has 3 aromatic rings. The van der Waals surface area contributed by atoms with E-state index >= 15 is 4.79 Å². The number of carbonyl (C=O) groups is 1. The summed E-state index contributed by atoms with van der Waals surface area (Å²) in [5.74, 6) is 1.82. The molecule has 5 rings (SSSR count). The number of benzene rings is 3. The third-order valence-corrected chi connectivity index (χ3v) is 10.2. The minimum Gasteiger partial charge on any atom is -0.497 e. The van der Waals surface area contributed by atoms with E-state index in [1.165, 1.54) is 0 Å². The second kappa shape index (κ2) is 12.4. The number of methoxy groups -OCH3 is 2. The van der Waals surface area contributed by atoms with Crippen LogP contribution in [0.5, 0.6) is 11.5 Å². The van der Waals surface area contributed by atoms with E-state index in [0.717, 1.165) is 53.1 Å². The number of fused-ring (bicyclic) bond motifs is 1. The molecule has 1 heterocycles. The Balaban J connectivity index is 1.74. The van der Waals surface area contributed by atoms with Crippen molar-refractivity contribution in [2.24, 2.45) is 17.3 Å². The molecular formula is C36H44ClN2O4Si. The molecule has 233 valence electrons. The van der Waals surface area contributed by atoms with Crippen molar-refractivity contribution in [2.75, 3.05) is 19.1 Å². The van der Waals surface area contributed by atoms with Gasteiger partial charge in [-0.15, -0.1) is 0 Å². The average molecular weight is 632 g/mol. The highest BCUT2D eigenvalue weighted by Crippen LogP contribution is 2.63. The van der Waals surface area contributed by atoms with E-state index in [1.807, 2.05) is 65.6 Å². The first kappa shape index (κ1) is 32.4. The predicted molar refractivity (Wildman–Crippen MR) is 177 cm³/mol. The van der Waals surface area contributed by atoms with Crippen LogP contribution in [0.2, 0.25) is 5.02 Å². The summed E-state index contributed by atoms with van der Waals surface area (Å²) in [5.41, 5.74) is 2.36. The Morgan fingerprint density at radius 1 is 0.909 bits per heavy atom. The number of urea groups is 1. The maximum Gasteiger partial charge on any atom is 0.325 e. The standard InChI is InChI=1S/C36H44ClN2O4Si/c1-24(21-34(2,3)4)35(5,43-44)36(27-12-13-27)31-20-28(37)14-19-32(31)38(22-25-8-15-29(41-6)16-9-25)33(40)39(36)23-26-10-17-30(42-7)18-11-26/h8-11,14-20,24,27H,12-13,21-23H2,1-7H3. The highest BCUT2D eigenvalue weighted by molar-refractivity contribution is 6.30. The number of hydrogen-bond donors (Lipinski definition) is 0. The quantitative estimate of drug-likeness (QED) is 0.199. The number of ether oxygens (including phenoxy) is 2.